The van der Waals surface area contributed by atoms with Gasteiger partial charge in [-0.1, -0.05) is 78.9 Å². The van der Waals surface area contributed by atoms with E-state index in [2.05, 4.69) is 19.9 Å². The van der Waals surface area contributed by atoms with E-state index >= 15 is 0 Å². The second-order valence-electron chi connectivity index (χ2n) is 6.16. The fourth-order valence-corrected chi connectivity index (χ4v) is 4.10. The molecule has 0 spiro atoms. The highest BCUT2D eigenvalue weighted by molar-refractivity contribution is 7.89. The average Bonchev–Trinajstić information content (AvgIpc) is 3.23. The standard InChI is InChI=1S/C21H18N4O2S/c26-28(27,19-14-8-7-13-18(19)16-9-3-1-4-10-16)22-15-20-23-21(25-24-20)17-11-5-2-6-12-17/h1-14,22H,15H2,(H,23,24,25). The van der Waals surface area contributed by atoms with Crippen molar-refractivity contribution in [2.45, 2.75) is 11.4 Å². The van der Waals surface area contributed by atoms with Gasteiger partial charge in [0.2, 0.25) is 10.0 Å². The minimum atomic E-state index is -3.73. The van der Waals surface area contributed by atoms with Crippen molar-refractivity contribution in [1.29, 1.82) is 0 Å². The van der Waals surface area contributed by atoms with Crippen LogP contribution in [0.5, 0.6) is 0 Å². The van der Waals surface area contributed by atoms with Gasteiger partial charge >= 0.3 is 0 Å². The summed E-state index contributed by atoms with van der Waals surface area (Å²) in [7, 11) is -3.73. The second kappa shape index (κ2) is 7.75. The van der Waals surface area contributed by atoms with Crippen LogP contribution in [0.3, 0.4) is 0 Å². The van der Waals surface area contributed by atoms with Crippen molar-refractivity contribution in [3.05, 3.63) is 90.8 Å². The Kier molecular flexibility index (Phi) is 5.01. The topological polar surface area (TPSA) is 87.7 Å². The van der Waals surface area contributed by atoms with Crippen LogP contribution in [0.25, 0.3) is 22.5 Å². The highest BCUT2D eigenvalue weighted by Gasteiger charge is 2.19. The molecule has 0 radical (unpaired) electrons. The van der Waals surface area contributed by atoms with Crippen LogP contribution in [0.15, 0.2) is 89.8 Å². The van der Waals surface area contributed by atoms with Crippen molar-refractivity contribution in [1.82, 2.24) is 19.9 Å². The average molecular weight is 390 g/mol. The zero-order valence-corrected chi connectivity index (χ0v) is 15.7. The van der Waals surface area contributed by atoms with E-state index in [-0.39, 0.29) is 11.4 Å². The van der Waals surface area contributed by atoms with Crippen LogP contribution in [0.4, 0.5) is 0 Å². The maximum atomic E-state index is 12.9. The molecule has 140 valence electrons. The lowest BCUT2D eigenvalue weighted by molar-refractivity contribution is 0.579. The van der Waals surface area contributed by atoms with Gasteiger partial charge in [0.25, 0.3) is 0 Å². The van der Waals surface area contributed by atoms with Gasteiger partial charge in [-0.25, -0.2) is 18.1 Å². The number of hydrogen-bond donors (Lipinski definition) is 2. The fourth-order valence-electron chi connectivity index (χ4n) is 2.89. The van der Waals surface area contributed by atoms with E-state index in [0.29, 0.717) is 17.2 Å². The maximum Gasteiger partial charge on any atom is 0.241 e. The first kappa shape index (κ1) is 18.1. The lowest BCUT2D eigenvalue weighted by atomic mass is 10.1. The number of rotatable bonds is 6. The van der Waals surface area contributed by atoms with Crippen molar-refractivity contribution >= 4 is 10.0 Å². The van der Waals surface area contributed by atoms with Crippen LogP contribution in [-0.2, 0) is 16.6 Å². The van der Waals surface area contributed by atoms with E-state index in [1.54, 1.807) is 18.2 Å². The molecule has 1 aromatic heterocycles. The fraction of sp³-hybridized carbons (Fsp3) is 0.0476. The summed E-state index contributed by atoms with van der Waals surface area (Å²) in [6.07, 6.45) is 0. The Morgan fingerprint density at radius 3 is 2.11 bits per heavy atom. The predicted octanol–water partition coefficient (Wildman–Crippen LogP) is 3.62. The first-order valence-corrected chi connectivity index (χ1v) is 10.2. The van der Waals surface area contributed by atoms with Gasteiger partial charge in [0, 0.05) is 11.1 Å². The Morgan fingerprint density at radius 2 is 1.39 bits per heavy atom. The molecule has 0 aliphatic rings. The number of hydrogen-bond acceptors (Lipinski definition) is 4. The van der Waals surface area contributed by atoms with E-state index in [4.69, 9.17) is 0 Å². The molecule has 2 N–H and O–H groups in total. The van der Waals surface area contributed by atoms with Crippen molar-refractivity contribution in [3.63, 3.8) is 0 Å². The number of benzene rings is 3. The Balaban J connectivity index is 1.56. The summed E-state index contributed by atoms with van der Waals surface area (Å²) >= 11 is 0. The molecule has 4 rings (SSSR count). The Bertz CT molecular complexity index is 1170. The molecular weight excluding hydrogens is 372 g/mol. The predicted molar refractivity (Wildman–Crippen MR) is 108 cm³/mol. The summed E-state index contributed by atoms with van der Waals surface area (Å²) in [6, 6.07) is 25.9. The molecule has 0 fully saturated rings. The third-order valence-corrected chi connectivity index (χ3v) is 5.71. The highest BCUT2D eigenvalue weighted by Crippen LogP contribution is 2.27. The van der Waals surface area contributed by atoms with Crippen molar-refractivity contribution < 1.29 is 8.42 Å². The third kappa shape index (κ3) is 3.85. The van der Waals surface area contributed by atoms with Crippen molar-refractivity contribution in [2.75, 3.05) is 0 Å². The van der Waals surface area contributed by atoms with Gasteiger partial charge in [-0.15, -0.1) is 0 Å². The van der Waals surface area contributed by atoms with E-state index < -0.39 is 10.0 Å². The largest absolute Gasteiger partial charge is 0.262 e. The second-order valence-corrected chi connectivity index (χ2v) is 7.89. The summed E-state index contributed by atoms with van der Waals surface area (Å²) < 4.78 is 28.4. The molecule has 4 aromatic rings. The van der Waals surface area contributed by atoms with Crippen LogP contribution in [0, 0.1) is 0 Å². The van der Waals surface area contributed by atoms with Crippen LogP contribution in [-0.4, -0.2) is 23.6 Å². The Hall–Kier alpha value is -3.29. The van der Waals surface area contributed by atoms with Gasteiger partial charge in [-0.2, -0.15) is 5.10 Å². The molecule has 0 atom stereocenters. The van der Waals surface area contributed by atoms with Crippen LogP contribution in [0.2, 0.25) is 0 Å². The van der Waals surface area contributed by atoms with Crippen molar-refractivity contribution in [3.8, 4) is 22.5 Å². The Morgan fingerprint density at radius 1 is 0.786 bits per heavy atom. The minimum absolute atomic E-state index is 0.0191. The van der Waals surface area contributed by atoms with Crippen LogP contribution >= 0.6 is 0 Å². The number of nitrogens with one attached hydrogen (secondary N) is 2. The van der Waals surface area contributed by atoms with E-state index in [1.807, 2.05) is 66.7 Å². The molecule has 0 saturated heterocycles. The van der Waals surface area contributed by atoms with Gasteiger partial charge in [0.1, 0.15) is 5.82 Å². The summed E-state index contributed by atoms with van der Waals surface area (Å²) in [5, 5.41) is 6.94. The van der Waals surface area contributed by atoms with Gasteiger partial charge in [-0.3, -0.25) is 5.10 Å². The van der Waals surface area contributed by atoms with E-state index in [9.17, 15) is 8.42 Å². The van der Waals surface area contributed by atoms with Gasteiger partial charge in [-0.05, 0) is 11.6 Å². The molecule has 1 heterocycles. The first-order chi connectivity index (χ1) is 13.6. The molecule has 6 nitrogen and oxygen atoms in total. The monoisotopic (exact) mass is 390 g/mol. The van der Waals surface area contributed by atoms with E-state index in [1.165, 1.54) is 0 Å². The van der Waals surface area contributed by atoms with E-state index in [0.717, 1.165) is 11.1 Å². The summed E-state index contributed by atoms with van der Waals surface area (Å²) in [5.41, 5.74) is 2.36. The van der Waals surface area contributed by atoms with Crippen LogP contribution < -0.4 is 4.72 Å². The summed E-state index contributed by atoms with van der Waals surface area (Å²) in [5.74, 6) is 0.971. The van der Waals surface area contributed by atoms with Crippen LogP contribution in [0.1, 0.15) is 5.82 Å². The molecule has 0 aliphatic carbocycles. The number of sulfonamides is 1. The molecule has 28 heavy (non-hydrogen) atoms. The molecule has 0 bridgehead atoms. The molecule has 0 saturated carbocycles. The normalized spacial score (nSPS) is 11.4. The van der Waals surface area contributed by atoms with Gasteiger partial charge in [0.15, 0.2) is 5.82 Å². The SMILES string of the molecule is O=S(=O)(NCc1nc(-c2ccccc2)n[nH]1)c1ccccc1-c1ccccc1. The van der Waals surface area contributed by atoms with Crippen molar-refractivity contribution in [2.24, 2.45) is 0 Å². The molecule has 0 aliphatic heterocycles. The maximum absolute atomic E-state index is 12.9. The van der Waals surface area contributed by atoms with Gasteiger partial charge < -0.3 is 0 Å². The number of H-pyrrole nitrogens is 1. The number of aromatic nitrogens is 3. The Labute approximate surface area is 163 Å². The zero-order valence-electron chi connectivity index (χ0n) is 14.9. The smallest absolute Gasteiger partial charge is 0.241 e. The molecule has 3 aromatic carbocycles. The lowest BCUT2D eigenvalue weighted by Crippen LogP contribution is -2.24. The highest BCUT2D eigenvalue weighted by atomic mass is 32.2. The summed E-state index contributed by atoms with van der Waals surface area (Å²) in [6.45, 7) is 0.0191. The lowest BCUT2D eigenvalue weighted by Gasteiger charge is -2.11. The molecular formula is C21H18N4O2S. The number of nitrogens with zero attached hydrogens (tertiary/aromatic N) is 2. The molecule has 0 unspecified atom stereocenters. The first-order valence-electron chi connectivity index (χ1n) is 8.74. The minimum Gasteiger partial charge on any atom is -0.262 e. The molecule has 0 amide bonds. The van der Waals surface area contributed by atoms with Gasteiger partial charge in [0.05, 0.1) is 11.4 Å². The quantitative estimate of drug-likeness (QED) is 0.526. The number of aromatic amines is 1. The molecule has 7 heteroatoms. The summed E-state index contributed by atoms with van der Waals surface area (Å²) in [4.78, 5) is 4.59. The third-order valence-electron chi connectivity index (χ3n) is 4.25. The zero-order chi connectivity index (χ0) is 19.4.